The van der Waals surface area contributed by atoms with Crippen molar-refractivity contribution in [2.75, 3.05) is 26.6 Å². The monoisotopic (exact) mass is 333 g/mol. The molecule has 0 saturated heterocycles. The van der Waals surface area contributed by atoms with Crippen molar-refractivity contribution in [1.82, 2.24) is 10.2 Å². The second kappa shape index (κ2) is 8.00. The van der Waals surface area contributed by atoms with Gasteiger partial charge in [-0.3, -0.25) is 4.79 Å². The van der Waals surface area contributed by atoms with Crippen molar-refractivity contribution in [3.8, 4) is 23.1 Å². The van der Waals surface area contributed by atoms with E-state index in [0.717, 1.165) is 5.56 Å². The summed E-state index contributed by atoms with van der Waals surface area (Å²) in [6, 6.07) is 6.82. The Morgan fingerprint density at radius 3 is 2.17 bits per heavy atom. The number of nitrogens with one attached hydrogen (secondary N) is 1. The summed E-state index contributed by atoms with van der Waals surface area (Å²) in [4.78, 5) is 10.9. The van der Waals surface area contributed by atoms with Crippen molar-refractivity contribution in [2.45, 2.75) is 13.5 Å². The topological polar surface area (TPSA) is 91.8 Å². The third-order valence-electron chi connectivity index (χ3n) is 3.06. The fourth-order valence-corrected chi connectivity index (χ4v) is 2.02. The highest BCUT2D eigenvalue weighted by Gasteiger charge is 2.13. The molecule has 0 aliphatic carbocycles. The van der Waals surface area contributed by atoms with E-state index in [1.165, 1.54) is 6.92 Å². The Balaban J connectivity index is 2.10. The molecule has 0 spiro atoms. The molecule has 8 nitrogen and oxygen atoms in total. The van der Waals surface area contributed by atoms with Crippen LogP contribution in [0.2, 0.25) is 0 Å². The number of hydrogen-bond donors (Lipinski definition) is 1. The summed E-state index contributed by atoms with van der Waals surface area (Å²) >= 11 is 0. The number of ether oxygens (including phenoxy) is 4. The van der Waals surface area contributed by atoms with Crippen molar-refractivity contribution in [3.05, 3.63) is 29.8 Å². The van der Waals surface area contributed by atoms with Crippen LogP contribution in [0.4, 0.5) is 5.82 Å². The molecule has 1 heterocycles. The summed E-state index contributed by atoms with van der Waals surface area (Å²) in [5, 5.41) is 10.3. The lowest BCUT2D eigenvalue weighted by Gasteiger charge is -2.14. The molecule has 8 heteroatoms. The maximum Gasteiger partial charge on any atom is 0.233 e. The molecule has 0 atom stereocenters. The Bertz CT molecular complexity index is 678. The minimum atomic E-state index is -0.213. The molecule has 2 aromatic rings. The largest absolute Gasteiger partial charge is 0.493 e. The van der Waals surface area contributed by atoms with E-state index in [0.29, 0.717) is 28.9 Å². The predicted octanol–water partition coefficient (Wildman–Crippen LogP) is 2.04. The van der Waals surface area contributed by atoms with Crippen molar-refractivity contribution < 1.29 is 23.7 Å². The number of rotatable bonds is 7. The zero-order valence-electron chi connectivity index (χ0n) is 14.0. The van der Waals surface area contributed by atoms with Gasteiger partial charge in [0.25, 0.3) is 0 Å². The minimum absolute atomic E-state index is 0.213. The molecule has 128 valence electrons. The Kier molecular flexibility index (Phi) is 5.78. The first-order chi connectivity index (χ1) is 11.6. The van der Waals surface area contributed by atoms with Crippen molar-refractivity contribution in [2.24, 2.45) is 0 Å². The van der Waals surface area contributed by atoms with E-state index in [2.05, 4.69) is 15.5 Å². The fourth-order valence-electron chi connectivity index (χ4n) is 2.02. The maximum atomic E-state index is 10.9. The summed E-state index contributed by atoms with van der Waals surface area (Å²) in [6.07, 6.45) is 0. The Morgan fingerprint density at radius 2 is 1.71 bits per heavy atom. The van der Waals surface area contributed by atoms with E-state index in [9.17, 15) is 4.79 Å². The molecule has 0 unspecified atom stereocenters. The SMILES string of the molecule is COc1cc(COc2ccc(NC(C)=O)nn2)cc(OC)c1OC. The van der Waals surface area contributed by atoms with E-state index < -0.39 is 0 Å². The van der Waals surface area contributed by atoms with Crippen LogP contribution in [-0.2, 0) is 11.4 Å². The van der Waals surface area contributed by atoms with Gasteiger partial charge in [-0.25, -0.2) is 0 Å². The van der Waals surface area contributed by atoms with E-state index >= 15 is 0 Å². The Hall–Kier alpha value is -3.03. The molecular weight excluding hydrogens is 314 g/mol. The standard InChI is InChI=1S/C16H19N3O5/c1-10(20)17-14-5-6-15(19-18-14)24-9-11-7-12(21-2)16(23-4)13(8-11)22-3/h5-8H,9H2,1-4H3,(H,17,18,20). The van der Waals surface area contributed by atoms with Gasteiger partial charge in [0.2, 0.25) is 17.5 Å². The van der Waals surface area contributed by atoms with Gasteiger partial charge in [-0.2, -0.15) is 0 Å². The van der Waals surface area contributed by atoms with Crippen molar-refractivity contribution in [1.29, 1.82) is 0 Å². The van der Waals surface area contributed by atoms with Gasteiger partial charge in [0, 0.05) is 13.0 Å². The summed E-state index contributed by atoms with van der Waals surface area (Å²) < 4.78 is 21.5. The number of carbonyl (C=O) groups excluding carboxylic acids is 1. The van der Waals surface area contributed by atoms with Crippen LogP contribution in [0, 0.1) is 0 Å². The van der Waals surface area contributed by atoms with Gasteiger partial charge in [-0.15, -0.1) is 10.2 Å². The zero-order valence-corrected chi connectivity index (χ0v) is 14.0. The second-order valence-electron chi connectivity index (χ2n) is 4.76. The number of amides is 1. The highest BCUT2D eigenvalue weighted by Crippen LogP contribution is 2.38. The van der Waals surface area contributed by atoms with E-state index in [1.807, 2.05) is 0 Å². The molecule has 1 amide bonds. The molecule has 1 aromatic heterocycles. The van der Waals surface area contributed by atoms with Gasteiger partial charge in [-0.05, 0) is 23.8 Å². The second-order valence-corrected chi connectivity index (χ2v) is 4.76. The number of methoxy groups -OCH3 is 3. The van der Waals surface area contributed by atoms with Crippen molar-refractivity contribution in [3.63, 3.8) is 0 Å². The van der Waals surface area contributed by atoms with Crippen LogP contribution < -0.4 is 24.3 Å². The van der Waals surface area contributed by atoms with Crippen LogP contribution in [0.1, 0.15) is 12.5 Å². The third kappa shape index (κ3) is 4.25. The molecule has 0 radical (unpaired) electrons. The van der Waals surface area contributed by atoms with E-state index in [1.54, 1.807) is 45.6 Å². The van der Waals surface area contributed by atoms with Crippen LogP contribution in [-0.4, -0.2) is 37.4 Å². The number of carbonyl (C=O) groups is 1. The normalized spacial score (nSPS) is 10.0. The molecule has 0 aliphatic heterocycles. The van der Waals surface area contributed by atoms with Crippen LogP contribution in [0.15, 0.2) is 24.3 Å². The smallest absolute Gasteiger partial charge is 0.233 e. The quantitative estimate of drug-likeness (QED) is 0.829. The highest BCUT2D eigenvalue weighted by atomic mass is 16.5. The Morgan fingerprint density at radius 1 is 1.04 bits per heavy atom. The summed E-state index contributed by atoms with van der Waals surface area (Å²) in [5.41, 5.74) is 0.817. The first kappa shape index (κ1) is 17.3. The highest BCUT2D eigenvalue weighted by molar-refractivity contribution is 5.87. The van der Waals surface area contributed by atoms with Gasteiger partial charge < -0.3 is 24.3 Å². The average Bonchev–Trinajstić information content (AvgIpc) is 2.59. The molecule has 1 N–H and O–H groups in total. The van der Waals surface area contributed by atoms with Crippen molar-refractivity contribution >= 4 is 11.7 Å². The summed E-state index contributed by atoms with van der Waals surface area (Å²) in [5.74, 6) is 2.09. The Labute approximate surface area is 139 Å². The van der Waals surface area contributed by atoms with Gasteiger partial charge >= 0.3 is 0 Å². The maximum absolute atomic E-state index is 10.9. The molecule has 0 aliphatic rings. The number of anilines is 1. The first-order valence-corrected chi connectivity index (χ1v) is 7.10. The van der Waals surface area contributed by atoms with Crippen LogP contribution in [0.3, 0.4) is 0 Å². The lowest BCUT2D eigenvalue weighted by atomic mass is 10.2. The third-order valence-corrected chi connectivity index (χ3v) is 3.06. The number of aromatic nitrogens is 2. The van der Waals surface area contributed by atoms with Crippen LogP contribution in [0.5, 0.6) is 23.1 Å². The molecule has 0 fully saturated rings. The van der Waals surface area contributed by atoms with Gasteiger partial charge in [0.15, 0.2) is 17.3 Å². The fraction of sp³-hybridized carbons (Fsp3) is 0.312. The molecule has 24 heavy (non-hydrogen) atoms. The number of hydrogen-bond acceptors (Lipinski definition) is 7. The van der Waals surface area contributed by atoms with E-state index in [4.69, 9.17) is 18.9 Å². The first-order valence-electron chi connectivity index (χ1n) is 7.10. The number of nitrogens with zero attached hydrogens (tertiary/aromatic N) is 2. The lowest BCUT2D eigenvalue weighted by Crippen LogP contribution is -2.08. The van der Waals surface area contributed by atoms with Gasteiger partial charge in [0.1, 0.15) is 6.61 Å². The van der Waals surface area contributed by atoms with Gasteiger partial charge in [-0.1, -0.05) is 0 Å². The molecule has 1 aromatic carbocycles. The van der Waals surface area contributed by atoms with Gasteiger partial charge in [0.05, 0.1) is 21.3 Å². The summed E-state index contributed by atoms with van der Waals surface area (Å²) in [6.45, 7) is 1.64. The number of benzene rings is 1. The molecule has 2 rings (SSSR count). The van der Waals surface area contributed by atoms with E-state index in [-0.39, 0.29) is 12.5 Å². The lowest BCUT2D eigenvalue weighted by molar-refractivity contribution is -0.114. The molecule has 0 bridgehead atoms. The predicted molar refractivity (Wildman–Crippen MR) is 86.8 cm³/mol. The molecule has 0 saturated carbocycles. The van der Waals surface area contributed by atoms with Crippen LogP contribution in [0.25, 0.3) is 0 Å². The minimum Gasteiger partial charge on any atom is -0.493 e. The summed E-state index contributed by atoms with van der Waals surface area (Å²) in [7, 11) is 4.64. The van der Waals surface area contributed by atoms with Crippen LogP contribution >= 0.6 is 0 Å². The average molecular weight is 333 g/mol. The zero-order chi connectivity index (χ0) is 17.5. The molecular formula is C16H19N3O5.